The molecule has 1 heterocycles. The van der Waals surface area contributed by atoms with Gasteiger partial charge in [-0.25, -0.2) is 4.98 Å². The van der Waals surface area contributed by atoms with Crippen LogP contribution in [0.25, 0.3) is 11.3 Å². The molecular weight excluding hydrogens is 263 g/mol. The van der Waals surface area contributed by atoms with Crippen molar-refractivity contribution in [3.8, 4) is 11.3 Å². The summed E-state index contributed by atoms with van der Waals surface area (Å²) in [6.45, 7) is 1.92. The molecule has 0 unspecified atom stereocenters. The van der Waals surface area contributed by atoms with Gasteiger partial charge in [-0.05, 0) is 35.0 Å². The van der Waals surface area contributed by atoms with Crippen molar-refractivity contribution in [2.45, 2.75) is 6.92 Å². The minimum Gasteiger partial charge on any atom is -0.336 e. The van der Waals surface area contributed by atoms with Crippen molar-refractivity contribution in [2.24, 2.45) is 0 Å². The van der Waals surface area contributed by atoms with E-state index in [4.69, 9.17) is 11.6 Å². The second kappa shape index (κ2) is 3.75. The second-order valence-corrected chi connectivity index (χ2v) is 4.22. The molecule has 0 spiro atoms. The van der Waals surface area contributed by atoms with Gasteiger partial charge in [-0.1, -0.05) is 23.7 Å². The number of nitrogens with one attached hydrogen (secondary N) is 1. The lowest BCUT2D eigenvalue weighted by atomic mass is 10.2. The molecule has 0 fully saturated rings. The van der Waals surface area contributed by atoms with Crippen molar-refractivity contribution in [1.29, 1.82) is 0 Å². The molecule has 0 aliphatic rings. The first kappa shape index (κ1) is 9.74. The van der Waals surface area contributed by atoms with Gasteiger partial charge in [0.1, 0.15) is 16.1 Å². The monoisotopic (exact) mass is 270 g/mol. The smallest absolute Gasteiger partial charge is 0.110 e. The fraction of sp³-hybridized carbons (Fsp3) is 0.100. The highest BCUT2D eigenvalue weighted by Crippen LogP contribution is 2.26. The molecule has 0 aliphatic carbocycles. The molecule has 0 bridgehead atoms. The van der Waals surface area contributed by atoms with Crippen LogP contribution in [0, 0.1) is 6.92 Å². The molecule has 4 heteroatoms. The fourth-order valence-electron chi connectivity index (χ4n) is 1.26. The minimum atomic E-state index is 0.733. The summed E-state index contributed by atoms with van der Waals surface area (Å²) in [5.74, 6) is 0.891. The SMILES string of the molecule is Cc1nc(-c2ccc(Cl)cc2)c(Br)[nH]1. The molecule has 2 rings (SSSR count). The van der Waals surface area contributed by atoms with E-state index < -0.39 is 0 Å². The zero-order chi connectivity index (χ0) is 10.1. The maximum atomic E-state index is 5.80. The van der Waals surface area contributed by atoms with Crippen LogP contribution in [0.4, 0.5) is 0 Å². The van der Waals surface area contributed by atoms with E-state index >= 15 is 0 Å². The normalized spacial score (nSPS) is 10.5. The number of imidazole rings is 1. The summed E-state index contributed by atoms with van der Waals surface area (Å²) >= 11 is 9.23. The predicted octanol–water partition coefficient (Wildman–Crippen LogP) is 3.80. The molecule has 2 aromatic rings. The third-order valence-corrected chi connectivity index (χ3v) is 2.72. The van der Waals surface area contributed by atoms with Gasteiger partial charge in [-0.15, -0.1) is 0 Å². The van der Waals surface area contributed by atoms with E-state index in [1.165, 1.54) is 0 Å². The Balaban J connectivity index is 2.49. The zero-order valence-corrected chi connectivity index (χ0v) is 9.85. The van der Waals surface area contributed by atoms with E-state index in [1.54, 1.807) is 0 Å². The zero-order valence-electron chi connectivity index (χ0n) is 7.51. The first-order chi connectivity index (χ1) is 6.66. The molecule has 72 valence electrons. The van der Waals surface area contributed by atoms with Crippen LogP contribution in [0.15, 0.2) is 28.9 Å². The molecular formula is C10H8BrClN2. The van der Waals surface area contributed by atoms with Crippen molar-refractivity contribution in [3.05, 3.63) is 39.7 Å². The molecule has 0 aliphatic heterocycles. The van der Waals surface area contributed by atoms with Gasteiger partial charge in [0.2, 0.25) is 0 Å². The van der Waals surface area contributed by atoms with E-state index in [0.717, 1.165) is 26.7 Å². The number of rotatable bonds is 1. The molecule has 0 saturated heterocycles. The number of hydrogen-bond acceptors (Lipinski definition) is 1. The van der Waals surface area contributed by atoms with E-state index in [9.17, 15) is 0 Å². The highest BCUT2D eigenvalue weighted by atomic mass is 79.9. The van der Waals surface area contributed by atoms with Crippen LogP contribution in [-0.2, 0) is 0 Å². The molecule has 0 amide bonds. The first-order valence-electron chi connectivity index (χ1n) is 4.15. The number of aryl methyl sites for hydroxylation is 1. The topological polar surface area (TPSA) is 28.7 Å². The highest BCUT2D eigenvalue weighted by Gasteiger charge is 2.07. The Morgan fingerprint density at radius 3 is 2.43 bits per heavy atom. The number of aromatic nitrogens is 2. The van der Waals surface area contributed by atoms with Gasteiger partial charge < -0.3 is 4.98 Å². The minimum absolute atomic E-state index is 0.733. The second-order valence-electron chi connectivity index (χ2n) is 2.99. The van der Waals surface area contributed by atoms with Crippen LogP contribution in [0.1, 0.15) is 5.82 Å². The lowest BCUT2D eigenvalue weighted by molar-refractivity contribution is 1.14. The molecule has 0 atom stereocenters. The van der Waals surface area contributed by atoms with Gasteiger partial charge in [-0.2, -0.15) is 0 Å². The van der Waals surface area contributed by atoms with Crippen molar-refractivity contribution < 1.29 is 0 Å². The molecule has 0 saturated carbocycles. The van der Waals surface area contributed by atoms with Crippen molar-refractivity contribution in [2.75, 3.05) is 0 Å². The van der Waals surface area contributed by atoms with Gasteiger partial charge >= 0.3 is 0 Å². The average Bonchev–Trinajstić information content (AvgIpc) is 2.47. The maximum absolute atomic E-state index is 5.80. The van der Waals surface area contributed by atoms with Crippen LogP contribution >= 0.6 is 27.5 Å². The Hall–Kier alpha value is -0.800. The van der Waals surface area contributed by atoms with E-state index in [0.29, 0.717) is 0 Å². The van der Waals surface area contributed by atoms with Crippen molar-refractivity contribution in [1.82, 2.24) is 9.97 Å². The van der Waals surface area contributed by atoms with Crippen molar-refractivity contribution in [3.63, 3.8) is 0 Å². The number of benzene rings is 1. The van der Waals surface area contributed by atoms with Crippen LogP contribution in [0.5, 0.6) is 0 Å². The third kappa shape index (κ3) is 1.83. The summed E-state index contributed by atoms with van der Waals surface area (Å²) in [6, 6.07) is 7.60. The maximum Gasteiger partial charge on any atom is 0.110 e. The number of hydrogen-bond donors (Lipinski definition) is 1. The van der Waals surface area contributed by atoms with Gasteiger partial charge in [0.15, 0.2) is 0 Å². The summed E-state index contributed by atoms with van der Waals surface area (Å²) < 4.78 is 0.900. The molecule has 0 radical (unpaired) electrons. The quantitative estimate of drug-likeness (QED) is 0.839. The summed E-state index contributed by atoms with van der Waals surface area (Å²) in [6.07, 6.45) is 0. The Morgan fingerprint density at radius 1 is 1.29 bits per heavy atom. The van der Waals surface area contributed by atoms with E-state index in [1.807, 2.05) is 31.2 Å². The lowest BCUT2D eigenvalue weighted by Crippen LogP contribution is -1.78. The molecule has 1 N–H and O–H groups in total. The Morgan fingerprint density at radius 2 is 1.93 bits per heavy atom. The van der Waals surface area contributed by atoms with E-state index in [2.05, 4.69) is 25.9 Å². The van der Waals surface area contributed by atoms with Gasteiger partial charge in [0.25, 0.3) is 0 Å². The number of H-pyrrole nitrogens is 1. The van der Waals surface area contributed by atoms with Crippen molar-refractivity contribution >= 4 is 27.5 Å². The van der Waals surface area contributed by atoms with Crippen LogP contribution in [-0.4, -0.2) is 9.97 Å². The van der Waals surface area contributed by atoms with Gasteiger partial charge in [0.05, 0.1) is 0 Å². The standard InChI is InChI=1S/C10H8BrClN2/c1-6-13-9(10(11)14-6)7-2-4-8(12)5-3-7/h2-5H,1H3,(H,13,14). The Kier molecular flexibility index (Phi) is 2.61. The van der Waals surface area contributed by atoms with E-state index in [-0.39, 0.29) is 0 Å². The first-order valence-corrected chi connectivity index (χ1v) is 5.32. The molecule has 2 nitrogen and oxygen atoms in total. The highest BCUT2D eigenvalue weighted by molar-refractivity contribution is 9.10. The number of aromatic amines is 1. The fourth-order valence-corrected chi connectivity index (χ4v) is 1.99. The number of nitrogens with zero attached hydrogens (tertiary/aromatic N) is 1. The Labute approximate surface area is 95.5 Å². The molecule has 1 aromatic carbocycles. The predicted molar refractivity (Wildman–Crippen MR) is 61.5 cm³/mol. The number of halogens is 2. The lowest BCUT2D eigenvalue weighted by Gasteiger charge is -1.97. The third-order valence-electron chi connectivity index (χ3n) is 1.90. The van der Waals surface area contributed by atoms with Crippen LogP contribution in [0.2, 0.25) is 5.02 Å². The Bertz CT molecular complexity index is 448. The average molecular weight is 272 g/mol. The van der Waals surface area contributed by atoms with Crippen LogP contribution in [0.3, 0.4) is 0 Å². The molecule has 14 heavy (non-hydrogen) atoms. The summed E-state index contributed by atoms with van der Waals surface area (Å²) in [5.41, 5.74) is 1.96. The largest absolute Gasteiger partial charge is 0.336 e. The van der Waals surface area contributed by atoms with Gasteiger partial charge in [-0.3, -0.25) is 0 Å². The summed E-state index contributed by atoms with van der Waals surface area (Å²) in [5, 5.41) is 0.733. The van der Waals surface area contributed by atoms with Crippen LogP contribution < -0.4 is 0 Å². The molecule has 1 aromatic heterocycles. The van der Waals surface area contributed by atoms with Gasteiger partial charge in [0, 0.05) is 10.6 Å². The summed E-state index contributed by atoms with van der Waals surface area (Å²) in [7, 11) is 0. The summed E-state index contributed by atoms with van der Waals surface area (Å²) in [4.78, 5) is 7.46.